The van der Waals surface area contributed by atoms with Crippen molar-refractivity contribution in [2.24, 2.45) is 0 Å². The van der Waals surface area contributed by atoms with Crippen molar-refractivity contribution in [2.75, 3.05) is 17.7 Å². The number of anilines is 2. The van der Waals surface area contributed by atoms with Gasteiger partial charge in [0.1, 0.15) is 11.5 Å². The predicted octanol–water partition coefficient (Wildman–Crippen LogP) is 5.01. The first kappa shape index (κ1) is 21.2. The number of carbonyl (C=O) groups is 2. The van der Waals surface area contributed by atoms with Crippen LogP contribution in [0.15, 0.2) is 72.8 Å². The first-order valence-electron chi connectivity index (χ1n) is 9.24. The van der Waals surface area contributed by atoms with Crippen LogP contribution < -0.4 is 20.1 Å². The van der Waals surface area contributed by atoms with Gasteiger partial charge in [-0.3, -0.25) is 9.59 Å². The molecule has 1 atom stereocenters. The largest absolute Gasteiger partial charge is 0.494 e. The smallest absolute Gasteiger partial charge is 0.265 e. The highest BCUT2D eigenvalue weighted by molar-refractivity contribution is 6.34. The van der Waals surface area contributed by atoms with Crippen LogP contribution in [-0.2, 0) is 4.79 Å². The minimum absolute atomic E-state index is 0.249. The van der Waals surface area contributed by atoms with Crippen molar-refractivity contribution in [1.29, 1.82) is 0 Å². The van der Waals surface area contributed by atoms with E-state index in [0.29, 0.717) is 28.4 Å². The number of methoxy groups -OCH3 is 1. The molecule has 3 aromatic rings. The van der Waals surface area contributed by atoms with E-state index in [1.165, 1.54) is 13.2 Å². The fourth-order valence-electron chi connectivity index (χ4n) is 2.69. The summed E-state index contributed by atoms with van der Waals surface area (Å²) in [5.41, 5.74) is 1.24. The number of hydrogen-bond acceptors (Lipinski definition) is 4. The molecule has 7 heteroatoms. The first-order valence-corrected chi connectivity index (χ1v) is 9.62. The topological polar surface area (TPSA) is 76.7 Å². The minimum atomic E-state index is -0.744. The molecule has 0 aliphatic carbocycles. The van der Waals surface area contributed by atoms with E-state index in [-0.39, 0.29) is 16.8 Å². The third-order valence-electron chi connectivity index (χ3n) is 4.26. The molecule has 0 aliphatic rings. The monoisotopic (exact) mass is 424 g/mol. The molecule has 0 saturated carbocycles. The molecule has 1 unspecified atom stereocenters. The third-order valence-corrected chi connectivity index (χ3v) is 4.57. The number of nitrogens with one attached hydrogen (secondary N) is 2. The molecule has 2 N–H and O–H groups in total. The fourth-order valence-corrected chi connectivity index (χ4v) is 2.90. The van der Waals surface area contributed by atoms with Gasteiger partial charge in [-0.2, -0.15) is 0 Å². The van der Waals surface area contributed by atoms with Crippen molar-refractivity contribution < 1.29 is 19.1 Å². The fraction of sp³-hybridized carbons (Fsp3) is 0.130. The second kappa shape index (κ2) is 9.80. The SMILES string of the molecule is COc1cc(NC(=O)C(C)Oc2ccccc2)c(Cl)cc1NC(=O)c1ccccc1. The van der Waals surface area contributed by atoms with Crippen molar-refractivity contribution in [3.8, 4) is 11.5 Å². The summed E-state index contributed by atoms with van der Waals surface area (Å²) in [5.74, 6) is 0.272. The number of para-hydroxylation sites is 1. The van der Waals surface area contributed by atoms with Crippen molar-refractivity contribution in [1.82, 2.24) is 0 Å². The molecule has 3 rings (SSSR count). The second-order valence-electron chi connectivity index (χ2n) is 6.41. The number of ether oxygens (including phenoxy) is 2. The molecule has 154 valence electrons. The number of amides is 2. The predicted molar refractivity (Wildman–Crippen MR) is 118 cm³/mol. The third kappa shape index (κ3) is 5.30. The Labute approximate surface area is 179 Å². The highest BCUT2D eigenvalue weighted by atomic mass is 35.5. The lowest BCUT2D eigenvalue weighted by Crippen LogP contribution is -2.30. The van der Waals surface area contributed by atoms with Crippen molar-refractivity contribution in [2.45, 2.75) is 13.0 Å². The maximum atomic E-state index is 12.5. The van der Waals surface area contributed by atoms with Crippen LogP contribution in [0, 0.1) is 0 Å². The Morgan fingerprint density at radius 2 is 1.53 bits per heavy atom. The number of hydrogen-bond donors (Lipinski definition) is 2. The van der Waals surface area contributed by atoms with Crippen LogP contribution in [0.5, 0.6) is 11.5 Å². The van der Waals surface area contributed by atoms with E-state index in [1.807, 2.05) is 24.3 Å². The van der Waals surface area contributed by atoms with Gasteiger partial charge >= 0.3 is 0 Å². The zero-order valence-electron chi connectivity index (χ0n) is 16.5. The molecule has 0 heterocycles. The van der Waals surface area contributed by atoms with Crippen molar-refractivity contribution in [3.63, 3.8) is 0 Å². The van der Waals surface area contributed by atoms with Gasteiger partial charge in [-0.15, -0.1) is 0 Å². The number of benzene rings is 3. The van der Waals surface area contributed by atoms with Crippen LogP contribution in [0.25, 0.3) is 0 Å². The zero-order valence-corrected chi connectivity index (χ0v) is 17.3. The molecule has 0 spiro atoms. The average molecular weight is 425 g/mol. The van der Waals surface area contributed by atoms with Gasteiger partial charge in [0.15, 0.2) is 6.10 Å². The molecular weight excluding hydrogens is 404 g/mol. The lowest BCUT2D eigenvalue weighted by Gasteiger charge is -2.17. The molecule has 3 aromatic carbocycles. The molecule has 0 radical (unpaired) electrons. The standard InChI is InChI=1S/C23H21ClN2O4/c1-15(30-17-11-7-4-8-12-17)22(27)25-19-14-21(29-2)20(13-18(19)24)26-23(28)16-9-5-3-6-10-16/h3-15H,1-2H3,(H,25,27)(H,26,28). The molecule has 2 amide bonds. The summed E-state index contributed by atoms with van der Waals surface area (Å²) in [7, 11) is 1.47. The Balaban J connectivity index is 1.73. The highest BCUT2D eigenvalue weighted by Crippen LogP contribution is 2.35. The van der Waals surface area contributed by atoms with E-state index < -0.39 is 6.10 Å². The quantitative estimate of drug-likeness (QED) is 0.559. The minimum Gasteiger partial charge on any atom is -0.494 e. The van der Waals surface area contributed by atoms with Crippen LogP contribution >= 0.6 is 11.6 Å². The second-order valence-corrected chi connectivity index (χ2v) is 6.82. The average Bonchev–Trinajstić information content (AvgIpc) is 2.76. The number of rotatable bonds is 7. The molecule has 0 aromatic heterocycles. The molecule has 30 heavy (non-hydrogen) atoms. The van der Waals surface area contributed by atoms with Crippen LogP contribution in [-0.4, -0.2) is 25.0 Å². The van der Waals surface area contributed by atoms with E-state index in [9.17, 15) is 9.59 Å². The van der Waals surface area contributed by atoms with E-state index >= 15 is 0 Å². The number of carbonyl (C=O) groups excluding carboxylic acids is 2. The van der Waals surface area contributed by atoms with Gasteiger partial charge in [-0.25, -0.2) is 0 Å². The molecule has 0 saturated heterocycles. The van der Waals surface area contributed by atoms with Gasteiger partial charge < -0.3 is 20.1 Å². The van der Waals surface area contributed by atoms with E-state index in [2.05, 4.69) is 10.6 Å². The van der Waals surface area contributed by atoms with Gasteiger partial charge in [-0.05, 0) is 37.3 Å². The summed E-state index contributed by atoms with van der Waals surface area (Å²) in [6, 6.07) is 20.9. The first-order chi connectivity index (χ1) is 14.5. The Morgan fingerprint density at radius 1 is 0.900 bits per heavy atom. The van der Waals surface area contributed by atoms with E-state index in [4.69, 9.17) is 21.1 Å². The van der Waals surface area contributed by atoms with Gasteiger partial charge in [0, 0.05) is 11.6 Å². The summed E-state index contributed by atoms with van der Waals surface area (Å²) in [4.78, 5) is 24.9. The van der Waals surface area contributed by atoms with Gasteiger partial charge in [0.2, 0.25) is 0 Å². The molecule has 6 nitrogen and oxygen atoms in total. The zero-order chi connectivity index (χ0) is 21.5. The van der Waals surface area contributed by atoms with Crippen molar-refractivity contribution >= 4 is 34.8 Å². The molecular formula is C23H21ClN2O4. The molecule has 0 fully saturated rings. The normalized spacial score (nSPS) is 11.3. The maximum Gasteiger partial charge on any atom is 0.265 e. The lowest BCUT2D eigenvalue weighted by atomic mass is 10.2. The summed E-state index contributed by atoms with van der Waals surface area (Å²) in [6.45, 7) is 1.64. The number of halogens is 1. The highest BCUT2D eigenvalue weighted by Gasteiger charge is 2.19. The van der Waals surface area contributed by atoms with Crippen LogP contribution in [0.2, 0.25) is 5.02 Å². The lowest BCUT2D eigenvalue weighted by molar-refractivity contribution is -0.122. The van der Waals surface area contributed by atoms with Crippen LogP contribution in [0.1, 0.15) is 17.3 Å². The van der Waals surface area contributed by atoms with Crippen LogP contribution in [0.4, 0.5) is 11.4 Å². The van der Waals surface area contributed by atoms with E-state index in [1.54, 1.807) is 49.4 Å². The summed E-state index contributed by atoms with van der Waals surface area (Å²) in [6.07, 6.45) is -0.744. The van der Waals surface area contributed by atoms with Crippen LogP contribution in [0.3, 0.4) is 0 Å². The molecule has 0 aliphatic heterocycles. The van der Waals surface area contributed by atoms with E-state index in [0.717, 1.165) is 0 Å². The molecule has 0 bridgehead atoms. The Kier molecular flexibility index (Phi) is 6.93. The van der Waals surface area contributed by atoms with Gasteiger partial charge in [0.25, 0.3) is 11.8 Å². The maximum absolute atomic E-state index is 12.5. The summed E-state index contributed by atoms with van der Waals surface area (Å²) in [5, 5.41) is 5.75. The summed E-state index contributed by atoms with van der Waals surface area (Å²) >= 11 is 6.33. The van der Waals surface area contributed by atoms with Gasteiger partial charge in [0.05, 0.1) is 23.5 Å². The Hall–Kier alpha value is -3.51. The van der Waals surface area contributed by atoms with Crippen molar-refractivity contribution in [3.05, 3.63) is 83.4 Å². The summed E-state index contributed by atoms with van der Waals surface area (Å²) < 4.78 is 11.0. The Bertz CT molecular complexity index is 1030. The Morgan fingerprint density at radius 3 is 2.17 bits per heavy atom. The van der Waals surface area contributed by atoms with Gasteiger partial charge in [-0.1, -0.05) is 48.0 Å².